The average molecular weight is 214 g/mol. The molecule has 1 heterocycles. The molecule has 0 atom stereocenters. The van der Waals surface area contributed by atoms with E-state index in [1.807, 2.05) is 0 Å². The van der Waals surface area contributed by atoms with Crippen molar-refractivity contribution in [3.8, 4) is 17.1 Å². The average Bonchev–Trinajstić information content (AvgIpc) is 2.39. The lowest BCUT2D eigenvalue weighted by Crippen LogP contribution is -1.94. The van der Waals surface area contributed by atoms with Crippen molar-refractivity contribution in [3.63, 3.8) is 0 Å². The van der Waals surface area contributed by atoms with Crippen molar-refractivity contribution < 1.29 is 9.53 Å². The van der Waals surface area contributed by atoms with E-state index in [1.165, 1.54) is 0 Å². The Balaban J connectivity index is 2.57. The van der Waals surface area contributed by atoms with Crippen LogP contribution >= 0.6 is 0 Å². The second-order valence-electron chi connectivity index (χ2n) is 3.14. The molecule has 1 aromatic carbocycles. The lowest BCUT2D eigenvalue weighted by molar-refractivity contribution is 0.112. The molecular formula is C12H10N2O2. The van der Waals surface area contributed by atoms with Gasteiger partial charge in [-0.3, -0.25) is 4.79 Å². The highest BCUT2D eigenvalue weighted by Crippen LogP contribution is 2.23. The molecule has 0 bridgehead atoms. The molecule has 16 heavy (non-hydrogen) atoms. The Kier molecular flexibility index (Phi) is 2.91. The first-order chi connectivity index (χ1) is 7.85. The highest BCUT2D eigenvalue weighted by Gasteiger charge is 2.08. The third kappa shape index (κ3) is 1.91. The van der Waals surface area contributed by atoms with Crippen LogP contribution in [0.25, 0.3) is 11.4 Å². The Bertz CT molecular complexity index is 498. The molecule has 0 unspecified atom stereocenters. The van der Waals surface area contributed by atoms with Crippen LogP contribution in [0.5, 0.6) is 5.75 Å². The smallest absolute Gasteiger partial charge is 0.159 e. The number of carbonyl (C=O) groups is 1. The molecule has 0 aliphatic carbocycles. The number of aldehydes is 1. The number of benzene rings is 1. The SMILES string of the molecule is COc1ccc(C=O)c(-c2ncccn2)c1. The van der Waals surface area contributed by atoms with E-state index in [1.54, 1.807) is 43.8 Å². The highest BCUT2D eigenvalue weighted by atomic mass is 16.5. The van der Waals surface area contributed by atoms with E-state index < -0.39 is 0 Å². The van der Waals surface area contributed by atoms with Crippen molar-refractivity contribution in [1.82, 2.24) is 9.97 Å². The fraction of sp³-hybridized carbons (Fsp3) is 0.0833. The van der Waals surface area contributed by atoms with E-state index in [0.29, 0.717) is 22.7 Å². The van der Waals surface area contributed by atoms with Gasteiger partial charge in [-0.2, -0.15) is 0 Å². The number of hydrogen-bond donors (Lipinski definition) is 0. The molecule has 0 fully saturated rings. The summed E-state index contributed by atoms with van der Waals surface area (Å²) in [7, 11) is 1.57. The summed E-state index contributed by atoms with van der Waals surface area (Å²) in [5.41, 5.74) is 1.22. The largest absolute Gasteiger partial charge is 0.497 e. The van der Waals surface area contributed by atoms with Crippen molar-refractivity contribution in [2.24, 2.45) is 0 Å². The lowest BCUT2D eigenvalue weighted by Gasteiger charge is -2.05. The van der Waals surface area contributed by atoms with Gasteiger partial charge < -0.3 is 4.74 Å². The van der Waals surface area contributed by atoms with Crippen LogP contribution in [0.1, 0.15) is 10.4 Å². The zero-order valence-electron chi connectivity index (χ0n) is 8.75. The molecule has 0 saturated carbocycles. The molecule has 0 aliphatic rings. The van der Waals surface area contributed by atoms with E-state index in [0.717, 1.165) is 6.29 Å². The maximum absolute atomic E-state index is 10.9. The molecule has 0 radical (unpaired) electrons. The molecule has 0 saturated heterocycles. The van der Waals surface area contributed by atoms with E-state index in [2.05, 4.69) is 9.97 Å². The van der Waals surface area contributed by atoms with Gasteiger partial charge in [0.05, 0.1) is 7.11 Å². The van der Waals surface area contributed by atoms with Crippen molar-refractivity contribution in [1.29, 1.82) is 0 Å². The Hall–Kier alpha value is -2.23. The minimum absolute atomic E-state index is 0.517. The number of rotatable bonds is 3. The standard InChI is InChI=1S/C12H10N2O2/c1-16-10-4-3-9(8-15)11(7-10)12-13-5-2-6-14-12/h2-8H,1H3. The van der Waals surface area contributed by atoms with E-state index in [-0.39, 0.29) is 0 Å². The van der Waals surface area contributed by atoms with Crippen molar-refractivity contribution in [3.05, 3.63) is 42.2 Å². The van der Waals surface area contributed by atoms with Crippen molar-refractivity contribution >= 4 is 6.29 Å². The minimum Gasteiger partial charge on any atom is -0.497 e. The summed E-state index contributed by atoms with van der Waals surface area (Å²) >= 11 is 0. The Morgan fingerprint density at radius 2 is 2.00 bits per heavy atom. The summed E-state index contributed by atoms with van der Waals surface area (Å²) in [4.78, 5) is 19.1. The predicted molar refractivity (Wildman–Crippen MR) is 59.4 cm³/mol. The summed E-state index contributed by atoms with van der Waals surface area (Å²) < 4.78 is 5.10. The second kappa shape index (κ2) is 4.53. The van der Waals surface area contributed by atoms with Crippen molar-refractivity contribution in [2.45, 2.75) is 0 Å². The zero-order chi connectivity index (χ0) is 11.4. The molecule has 2 rings (SSSR count). The minimum atomic E-state index is 0.517. The van der Waals surface area contributed by atoms with Gasteiger partial charge in [0, 0.05) is 23.5 Å². The van der Waals surface area contributed by atoms with E-state index in [4.69, 9.17) is 4.74 Å². The number of carbonyl (C=O) groups excluding carboxylic acids is 1. The molecule has 4 heteroatoms. The summed E-state index contributed by atoms with van der Waals surface area (Å²) in [5.74, 6) is 1.19. The molecule has 0 amide bonds. The maximum Gasteiger partial charge on any atom is 0.159 e. The quantitative estimate of drug-likeness (QED) is 0.733. The monoisotopic (exact) mass is 214 g/mol. The Morgan fingerprint density at radius 3 is 2.62 bits per heavy atom. The molecule has 4 nitrogen and oxygen atoms in total. The predicted octanol–water partition coefficient (Wildman–Crippen LogP) is 1.96. The summed E-state index contributed by atoms with van der Waals surface area (Å²) in [6.45, 7) is 0. The van der Waals surface area contributed by atoms with Gasteiger partial charge in [-0.25, -0.2) is 9.97 Å². The number of hydrogen-bond acceptors (Lipinski definition) is 4. The van der Waals surface area contributed by atoms with Gasteiger partial charge in [0.15, 0.2) is 12.1 Å². The summed E-state index contributed by atoms with van der Waals surface area (Å²) in [6.07, 6.45) is 4.05. The van der Waals surface area contributed by atoms with Gasteiger partial charge in [-0.05, 0) is 24.3 Å². The van der Waals surface area contributed by atoms with Gasteiger partial charge in [0.2, 0.25) is 0 Å². The van der Waals surface area contributed by atoms with Gasteiger partial charge in [-0.1, -0.05) is 0 Å². The van der Waals surface area contributed by atoms with Crippen LogP contribution in [0, 0.1) is 0 Å². The molecular weight excluding hydrogens is 204 g/mol. The first-order valence-corrected chi connectivity index (χ1v) is 4.76. The Labute approximate surface area is 92.9 Å². The van der Waals surface area contributed by atoms with Gasteiger partial charge >= 0.3 is 0 Å². The van der Waals surface area contributed by atoms with Gasteiger partial charge in [-0.15, -0.1) is 0 Å². The fourth-order valence-corrected chi connectivity index (χ4v) is 1.40. The molecule has 0 N–H and O–H groups in total. The number of nitrogens with zero attached hydrogens (tertiary/aromatic N) is 2. The molecule has 0 aliphatic heterocycles. The summed E-state index contributed by atoms with van der Waals surface area (Å²) in [6, 6.07) is 6.90. The van der Waals surface area contributed by atoms with Crippen LogP contribution in [0.2, 0.25) is 0 Å². The van der Waals surface area contributed by atoms with Crippen LogP contribution < -0.4 is 4.74 Å². The summed E-state index contributed by atoms with van der Waals surface area (Å²) in [5, 5.41) is 0. The fourth-order valence-electron chi connectivity index (χ4n) is 1.40. The van der Waals surface area contributed by atoms with Gasteiger partial charge in [0.25, 0.3) is 0 Å². The maximum atomic E-state index is 10.9. The topological polar surface area (TPSA) is 52.1 Å². The molecule has 80 valence electrons. The number of aromatic nitrogens is 2. The van der Waals surface area contributed by atoms with Gasteiger partial charge in [0.1, 0.15) is 5.75 Å². The molecule has 2 aromatic rings. The first-order valence-electron chi connectivity index (χ1n) is 4.76. The molecule has 0 spiro atoms. The molecule has 1 aromatic heterocycles. The lowest BCUT2D eigenvalue weighted by atomic mass is 10.1. The van der Waals surface area contributed by atoms with Crippen LogP contribution in [-0.2, 0) is 0 Å². The third-order valence-corrected chi connectivity index (χ3v) is 2.19. The number of ether oxygens (including phenoxy) is 1. The third-order valence-electron chi connectivity index (χ3n) is 2.19. The first kappa shape index (κ1) is 10.3. The van der Waals surface area contributed by atoms with Crippen LogP contribution in [0.4, 0.5) is 0 Å². The number of methoxy groups -OCH3 is 1. The van der Waals surface area contributed by atoms with Crippen LogP contribution in [-0.4, -0.2) is 23.4 Å². The van der Waals surface area contributed by atoms with E-state index >= 15 is 0 Å². The van der Waals surface area contributed by atoms with Crippen LogP contribution in [0.15, 0.2) is 36.7 Å². The normalized spacial score (nSPS) is 9.81. The van der Waals surface area contributed by atoms with Crippen LogP contribution in [0.3, 0.4) is 0 Å². The van der Waals surface area contributed by atoms with Crippen molar-refractivity contribution in [2.75, 3.05) is 7.11 Å². The second-order valence-corrected chi connectivity index (χ2v) is 3.14. The Morgan fingerprint density at radius 1 is 1.25 bits per heavy atom. The van der Waals surface area contributed by atoms with E-state index in [9.17, 15) is 4.79 Å². The zero-order valence-corrected chi connectivity index (χ0v) is 8.75. The highest BCUT2D eigenvalue weighted by molar-refractivity contribution is 5.86.